The quantitative estimate of drug-likeness (QED) is 0.0320. The fraction of sp³-hybridized carbons (Fsp3) is 0.913. The molecule has 6 heteroatoms. The van der Waals surface area contributed by atoms with Crippen LogP contribution in [0.25, 0.3) is 0 Å². The number of rotatable bonds is 64. The van der Waals surface area contributed by atoms with Gasteiger partial charge in [-0.25, -0.2) is 0 Å². The molecular weight excluding hydrogens is 923 g/mol. The van der Waals surface area contributed by atoms with Crippen LogP contribution in [0.1, 0.15) is 380 Å². The molecular formula is C69H133NO5. The maximum atomic E-state index is 12.4. The largest absolute Gasteiger partial charge is 0.466 e. The monoisotopic (exact) mass is 1060 g/mol. The first-order valence-electron chi connectivity index (χ1n) is 34.1. The van der Waals surface area contributed by atoms with Crippen molar-refractivity contribution in [1.29, 1.82) is 0 Å². The molecule has 0 spiro atoms. The summed E-state index contributed by atoms with van der Waals surface area (Å²) in [6.45, 7) is 4.93. The van der Waals surface area contributed by atoms with Crippen LogP contribution in [0, 0.1) is 0 Å². The topological polar surface area (TPSA) is 95.9 Å². The van der Waals surface area contributed by atoms with Crippen molar-refractivity contribution in [2.45, 2.75) is 392 Å². The number of ether oxygens (including phenoxy) is 1. The first-order chi connectivity index (χ1) is 37.0. The molecule has 0 aromatic heterocycles. The summed E-state index contributed by atoms with van der Waals surface area (Å²) in [6, 6.07) is -0.625. The van der Waals surface area contributed by atoms with Gasteiger partial charge in [0.25, 0.3) is 0 Å². The smallest absolute Gasteiger partial charge is 0.305 e. The Morgan fingerprint density at radius 2 is 0.627 bits per heavy atom. The Hall–Kier alpha value is -1.66. The number of esters is 1. The summed E-state index contributed by atoms with van der Waals surface area (Å²) >= 11 is 0. The second-order valence-electron chi connectivity index (χ2n) is 23.5. The van der Waals surface area contributed by atoms with Gasteiger partial charge in [0.15, 0.2) is 0 Å². The molecule has 0 saturated heterocycles. The average Bonchev–Trinajstić information content (AvgIpc) is 3.41. The maximum absolute atomic E-state index is 12.4. The molecule has 75 heavy (non-hydrogen) atoms. The Morgan fingerprint density at radius 1 is 0.360 bits per heavy atom. The molecule has 0 radical (unpaired) electrons. The summed E-state index contributed by atoms with van der Waals surface area (Å²) in [5.41, 5.74) is 0. The standard InChI is InChI=1S/C69H133NO5/c1-3-5-7-9-11-13-15-17-18-36-39-43-47-51-55-59-63-69(74)75-64-60-56-52-48-44-40-37-34-32-30-28-26-24-22-20-19-21-23-25-27-29-31-33-35-38-42-46-50-54-58-62-68(73)70-66(65-71)67(72)61-57-53-49-45-41-16-14-12-10-8-6-4-2/h20,22,57,61,66-67,71-72H,3-19,21,23-56,58-60,62-65H2,1-2H3,(H,70,73)/b22-20-,61-57+. The summed E-state index contributed by atoms with van der Waals surface area (Å²) in [4.78, 5) is 24.5. The molecule has 0 saturated carbocycles. The predicted octanol–water partition coefficient (Wildman–Crippen LogP) is 21.8. The molecule has 0 bridgehead atoms. The zero-order chi connectivity index (χ0) is 54.3. The van der Waals surface area contributed by atoms with Crippen molar-refractivity contribution in [3.8, 4) is 0 Å². The highest BCUT2D eigenvalue weighted by Crippen LogP contribution is 2.18. The number of unbranched alkanes of at least 4 members (excludes halogenated alkanes) is 51. The second kappa shape index (κ2) is 64.9. The Bertz CT molecular complexity index is 1170. The van der Waals surface area contributed by atoms with Crippen LogP contribution in [0.5, 0.6) is 0 Å². The molecule has 2 atom stereocenters. The Labute approximate surface area is 469 Å². The van der Waals surface area contributed by atoms with Gasteiger partial charge in [0, 0.05) is 12.8 Å². The van der Waals surface area contributed by atoms with Crippen LogP contribution in [0.3, 0.4) is 0 Å². The summed E-state index contributed by atoms with van der Waals surface area (Å²) in [5.74, 6) is -0.0449. The molecule has 0 aliphatic carbocycles. The van der Waals surface area contributed by atoms with Gasteiger partial charge in [-0.05, 0) is 57.8 Å². The third kappa shape index (κ3) is 61.4. The number of amides is 1. The zero-order valence-corrected chi connectivity index (χ0v) is 50.8. The molecule has 0 heterocycles. The van der Waals surface area contributed by atoms with E-state index in [1.165, 1.54) is 315 Å². The van der Waals surface area contributed by atoms with Gasteiger partial charge in [0.2, 0.25) is 5.91 Å². The van der Waals surface area contributed by atoms with Gasteiger partial charge in [-0.2, -0.15) is 0 Å². The van der Waals surface area contributed by atoms with Crippen LogP contribution in [0.15, 0.2) is 24.3 Å². The van der Waals surface area contributed by atoms with Crippen LogP contribution in [0.4, 0.5) is 0 Å². The van der Waals surface area contributed by atoms with E-state index in [0.29, 0.717) is 19.4 Å². The summed E-state index contributed by atoms with van der Waals surface area (Å²) in [5, 5.41) is 23.1. The van der Waals surface area contributed by atoms with E-state index >= 15 is 0 Å². The highest BCUT2D eigenvalue weighted by molar-refractivity contribution is 5.76. The van der Waals surface area contributed by atoms with Crippen LogP contribution in [-0.2, 0) is 14.3 Å². The Morgan fingerprint density at radius 3 is 0.947 bits per heavy atom. The highest BCUT2D eigenvalue weighted by Gasteiger charge is 2.18. The normalized spacial score (nSPS) is 12.6. The summed E-state index contributed by atoms with van der Waals surface area (Å²) in [7, 11) is 0. The van der Waals surface area contributed by atoms with Gasteiger partial charge < -0.3 is 20.3 Å². The summed E-state index contributed by atoms with van der Waals surface area (Å²) in [6.07, 6.45) is 81.1. The minimum Gasteiger partial charge on any atom is -0.466 e. The molecule has 6 nitrogen and oxygen atoms in total. The lowest BCUT2D eigenvalue weighted by molar-refractivity contribution is -0.143. The lowest BCUT2D eigenvalue weighted by atomic mass is 10.0. The molecule has 0 fully saturated rings. The number of allylic oxidation sites excluding steroid dienone is 3. The van der Waals surface area contributed by atoms with E-state index in [1.807, 2.05) is 6.08 Å². The fourth-order valence-corrected chi connectivity index (χ4v) is 10.7. The predicted molar refractivity (Wildman–Crippen MR) is 329 cm³/mol. The van der Waals surface area contributed by atoms with Crippen LogP contribution < -0.4 is 5.32 Å². The first kappa shape index (κ1) is 73.3. The lowest BCUT2D eigenvalue weighted by Crippen LogP contribution is -2.45. The number of aliphatic hydroxyl groups is 2. The van der Waals surface area contributed by atoms with E-state index in [4.69, 9.17) is 4.74 Å². The van der Waals surface area contributed by atoms with Crippen molar-refractivity contribution in [2.24, 2.45) is 0 Å². The third-order valence-electron chi connectivity index (χ3n) is 16.0. The van der Waals surface area contributed by atoms with Crippen LogP contribution >= 0.6 is 0 Å². The Balaban J connectivity index is 3.35. The van der Waals surface area contributed by atoms with E-state index in [0.717, 1.165) is 38.5 Å². The van der Waals surface area contributed by atoms with E-state index in [2.05, 4.69) is 31.3 Å². The minimum atomic E-state index is -0.842. The zero-order valence-electron chi connectivity index (χ0n) is 50.8. The first-order valence-corrected chi connectivity index (χ1v) is 34.1. The van der Waals surface area contributed by atoms with Gasteiger partial charge in [0.05, 0.1) is 25.4 Å². The van der Waals surface area contributed by atoms with Crippen molar-refractivity contribution in [1.82, 2.24) is 5.32 Å². The number of carbonyl (C=O) groups is 2. The minimum absolute atomic E-state index is 0.0207. The number of hydrogen-bond donors (Lipinski definition) is 3. The van der Waals surface area contributed by atoms with Crippen LogP contribution in [0.2, 0.25) is 0 Å². The van der Waals surface area contributed by atoms with Crippen molar-refractivity contribution in [2.75, 3.05) is 13.2 Å². The van der Waals surface area contributed by atoms with E-state index in [-0.39, 0.29) is 18.5 Å². The molecule has 0 aromatic carbocycles. The van der Waals surface area contributed by atoms with Crippen LogP contribution in [-0.4, -0.2) is 47.4 Å². The van der Waals surface area contributed by atoms with E-state index in [1.54, 1.807) is 6.08 Å². The van der Waals surface area contributed by atoms with Gasteiger partial charge in [-0.1, -0.05) is 334 Å². The molecule has 1 amide bonds. The van der Waals surface area contributed by atoms with Crippen molar-refractivity contribution in [3.63, 3.8) is 0 Å². The second-order valence-corrected chi connectivity index (χ2v) is 23.5. The van der Waals surface area contributed by atoms with E-state index < -0.39 is 12.1 Å². The SMILES string of the molecule is CCCCCCCCCCCC/C=C/C(O)C(CO)NC(=O)CCCCCCCCCCCCCCCC/C=C\CCCCCCCCCCCCCCOC(=O)CCCCCCCCCCCCCCCCCC. The molecule has 444 valence electrons. The maximum Gasteiger partial charge on any atom is 0.305 e. The lowest BCUT2D eigenvalue weighted by Gasteiger charge is -2.20. The number of nitrogens with one attached hydrogen (secondary N) is 1. The number of hydrogen-bond acceptors (Lipinski definition) is 5. The molecule has 0 aliphatic rings. The Kier molecular flexibility index (Phi) is 63.4. The molecule has 2 unspecified atom stereocenters. The highest BCUT2D eigenvalue weighted by atomic mass is 16.5. The molecule has 0 aliphatic heterocycles. The number of carbonyl (C=O) groups excluding carboxylic acids is 2. The van der Waals surface area contributed by atoms with Gasteiger partial charge in [0.1, 0.15) is 0 Å². The average molecular weight is 1060 g/mol. The molecule has 0 rings (SSSR count). The van der Waals surface area contributed by atoms with Gasteiger partial charge >= 0.3 is 5.97 Å². The third-order valence-corrected chi connectivity index (χ3v) is 16.0. The van der Waals surface area contributed by atoms with Gasteiger partial charge in [-0.3, -0.25) is 9.59 Å². The van der Waals surface area contributed by atoms with E-state index in [9.17, 15) is 19.8 Å². The summed E-state index contributed by atoms with van der Waals surface area (Å²) < 4.78 is 5.50. The van der Waals surface area contributed by atoms with Crippen molar-refractivity contribution >= 4 is 11.9 Å². The van der Waals surface area contributed by atoms with Crippen molar-refractivity contribution < 1.29 is 24.5 Å². The van der Waals surface area contributed by atoms with Crippen molar-refractivity contribution in [3.05, 3.63) is 24.3 Å². The van der Waals surface area contributed by atoms with Gasteiger partial charge in [-0.15, -0.1) is 0 Å². The molecule has 0 aromatic rings. The number of aliphatic hydroxyl groups excluding tert-OH is 2. The fourth-order valence-electron chi connectivity index (χ4n) is 10.7. The molecule has 3 N–H and O–H groups in total.